The number of benzene rings is 2. The van der Waals surface area contributed by atoms with Crippen molar-refractivity contribution in [3.8, 4) is 0 Å². The van der Waals surface area contributed by atoms with Crippen molar-refractivity contribution in [2.24, 2.45) is 0 Å². The summed E-state index contributed by atoms with van der Waals surface area (Å²) in [4.78, 5) is 4.81. The maximum Gasteiger partial charge on any atom is 0.125 e. The second kappa shape index (κ2) is 6.69. The summed E-state index contributed by atoms with van der Waals surface area (Å²) in [5, 5.41) is 9.32. The van der Waals surface area contributed by atoms with Crippen molar-refractivity contribution in [1.82, 2.24) is 0 Å². The van der Waals surface area contributed by atoms with Gasteiger partial charge in [0.25, 0.3) is 0 Å². The average molecular weight is 270 g/mol. The van der Waals surface area contributed by atoms with Crippen LogP contribution < -0.4 is 0 Å². The van der Waals surface area contributed by atoms with E-state index in [0.717, 1.165) is 18.4 Å². The Kier molecular flexibility index (Phi) is 4.94. The molecule has 106 valence electrons. The lowest BCUT2D eigenvalue weighted by molar-refractivity contribution is -0.326. The molecule has 0 radical (unpaired) electrons. The van der Waals surface area contributed by atoms with Crippen molar-refractivity contribution in [2.45, 2.75) is 38.2 Å². The minimum atomic E-state index is -0.649. The molecule has 0 aromatic heterocycles. The zero-order valence-corrected chi connectivity index (χ0v) is 12.1. The van der Waals surface area contributed by atoms with Crippen molar-refractivity contribution in [2.75, 3.05) is 0 Å². The standard InChI is InChI=1S/C18H22O2/c1-15(16-9-5-3-6-10-16)13-14-18(2,20-19)17-11-7-4-8-12-17/h3-12,15,19H,13-14H2,1-2H3. The van der Waals surface area contributed by atoms with E-state index in [9.17, 15) is 5.26 Å². The minimum absolute atomic E-state index is 0.439. The van der Waals surface area contributed by atoms with Gasteiger partial charge >= 0.3 is 0 Å². The van der Waals surface area contributed by atoms with Gasteiger partial charge in [-0.25, -0.2) is 4.89 Å². The van der Waals surface area contributed by atoms with Gasteiger partial charge in [-0.2, -0.15) is 0 Å². The van der Waals surface area contributed by atoms with Crippen LogP contribution in [0.2, 0.25) is 0 Å². The Labute approximate surface area is 121 Å². The van der Waals surface area contributed by atoms with Gasteiger partial charge in [0.05, 0.1) is 0 Å². The van der Waals surface area contributed by atoms with Crippen LogP contribution in [-0.2, 0) is 10.5 Å². The molecule has 0 amide bonds. The van der Waals surface area contributed by atoms with E-state index in [-0.39, 0.29) is 0 Å². The SMILES string of the molecule is CC(CCC(C)(OO)c1ccccc1)c1ccccc1. The minimum Gasteiger partial charge on any atom is -0.251 e. The molecular formula is C18H22O2. The molecule has 0 heterocycles. The highest BCUT2D eigenvalue weighted by Gasteiger charge is 2.28. The predicted molar refractivity (Wildman–Crippen MR) is 81.6 cm³/mol. The Morgan fingerprint density at radius 1 is 1.00 bits per heavy atom. The largest absolute Gasteiger partial charge is 0.251 e. The molecule has 2 aromatic rings. The van der Waals surface area contributed by atoms with Crippen LogP contribution in [0.25, 0.3) is 0 Å². The molecular weight excluding hydrogens is 248 g/mol. The summed E-state index contributed by atoms with van der Waals surface area (Å²) in [5.41, 5.74) is 1.67. The molecule has 0 saturated heterocycles. The predicted octanol–water partition coefficient (Wildman–Crippen LogP) is 4.98. The van der Waals surface area contributed by atoms with Crippen LogP contribution >= 0.6 is 0 Å². The number of rotatable bonds is 6. The van der Waals surface area contributed by atoms with Crippen LogP contribution in [0.4, 0.5) is 0 Å². The Bertz CT molecular complexity index is 509. The summed E-state index contributed by atoms with van der Waals surface area (Å²) in [5.74, 6) is 0.439. The van der Waals surface area contributed by atoms with Crippen LogP contribution in [0.5, 0.6) is 0 Å². The molecule has 2 rings (SSSR count). The van der Waals surface area contributed by atoms with E-state index in [1.165, 1.54) is 5.56 Å². The van der Waals surface area contributed by atoms with Gasteiger partial charge in [-0.3, -0.25) is 5.26 Å². The first-order chi connectivity index (χ1) is 9.65. The van der Waals surface area contributed by atoms with Gasteiger partial charge in [0.1, 0.15) is 5.60 Å². The van der Waals surface area contributed by atoms with Crippen molar-refractivity contribution < 1.29 is 10.1 Å². The molecule has 2 nitrogen and oxygen atoms in total. The van der Waals surface area contributed by atoms with E-state index in [2.05, 4.69) is 31.2 Å². The molecule has 0 bridgehead atoms. The van der Waals surface area contributed by atoms with Gasteiger partial charge in [0, 0.05) is 0 Å². The Hall–Kier alpha value is -1.64. The van der Waals surface area contributed by atoms with Gasteiger partial charge in [0.2, 0.25) is 0 Å². The van der Waals surface area contributed by atoms with Gasteiger partial charge in [-0.1, -0.05) is 67.6 Å². The van der Waals surface area contributed by atoms with E-state index < -0.39 is 5.60 Å². The first kappa shape index (κ1) is 14.8. The quantitative estimate of drug-likeness (QED) is 0.593. The van der Waals surface area contributed by atoms with Crippen molar-refractivity contribution in [3.63, 3.8) is 0 Å². The third-order valence-electron chi connectivity index (χ3n) is 4.01. The smallest absolute Gasteiger partial charge is 0.125 e. The summed E-state index contributed by atoms with van der Waals surface area (Å²) < 4.78 is 0. The van der Waals surface area contributed by atoms with E-state index in [1.807, 2.05) is 43.3 Å². The van der Waals surface area contributed by atoms with E-state index in [4.69, 9.17) is 4.89 Å². The summed E-state index contributed by atoms with van der Waals surface area (Å²) >= 11 is 0. The monoisotopic (exact) mass is 270 g/mol. The molecule has 2 unspecified atom stereocenters. The fourth-order valence-corrected chi connectivity index (χ4v) is 2.47. The summed E-state index contributed by atoms with van der Waals surface area (Å²) in [6.45, 7) is 4.14. The molecule has 2 aromatic carbocycles. The highest BCUT2D eigenvalue weighted by atomic mass is 17.1. The van der Waals surface area contributed by atoms with Crippen LogP contribution in [0.1, 0.15) is 43.7 Å². The highest BCUT2D eigenvalue weighted by Crippen LogP contribution is 2.33. The maximum atomic E-state index is 9.32. The summed E-state index contributed by atoms with van der Waals surface area (Å²) in [6, 6.07) is 20.3. The fraction of sp³-hybridized carbons (Fsp3) is 0.333. The summed E-state index contributed by atoms with van der Waals surface area (Å²) in [7, 11) is 0. The molecule has 0 spiro atoms. The lowest BCUT2D eigenvalue weighted by atomic mass is 9.86. The Morgan fingerprint density at radius 2 is 1.55 bits per heavy atom. The average Bonchev–Trinajstić information content (AvgIpc) is 2.54. The molecule has 20 heavy (non-hydrogen) atoms. The van der Waals surface area contributed by atoms with Crippen LogP contribution in [0.3, 0.4) is 0 Å². The molecule has 2 heteroatoms. The van der Waals surface area contributed by atoms with Gasteiger partial charge in [-0.15, -0.1) is 0 Å². The third kappa shape index (κ3) is 3.47. The molecule has 2 atom stereocenters. The zero-order chi connectivity index (χ0) is 14.4. The van der Waals surface area contributed by atoms with Crippen molar-refractivity contribution in [1.29, 1.82) is 0 Å². The fourth-order valence-electron chi connectivity index (χ4n) is 2.47. The zero-order valence-electron chi connectivity index (χ0n) is 12.1. The Morgan fingerprint density at radius 3 is 2.10 bits per heavy atom. The van der Waals surface area contributed by atoms with Crippen LogP contribution in [-0.4, -0.2) is 5.26 Å². The van der Waals surface area contributed by atoms with Crippen molar-refractivity contribution in [3.05, 3.63) is 71.8 Å². The van der Waals surface area contributed by atoms with E-state index in [0.29, 0.717) is 5.92 Å². The van der Waals surface area contributed by atoms with Crippen molar-refractivity contribution >= 4 is 0 Å². The summed E-state index contributed by atoms with van der Waals surface area (Å²) in [6.07, 6.45) is 1.72. The van der Waals surface area contributed by atoms with E-state index in [1.54, 1.807) is 0 Å². The molecule has 0 aliphatic carbocycles. The van der Waals surface area contributed by atoms with Crippen LogP contribution in [0, 0.1) is 0 Å². The van der Waals surface area contributed by atoms with Gasteiger partial charge in [0.15, 0.2) is 0 Å². The molecule has 0 aliphatic rings. The van der Waals surface area contributed by atoms with Gasteiger partial charge < -0.3 is 0 Å². The second-order valence-corrected chi connectivity index (χ2v) is 5.54. The maximum absolute atomic E-state index is 9.32. The molecule has 1 N–H and O–H groups in total. The Balaban J connectivity index is 2.04. The first-order valence-electron chi connectivity index (χ1n) is 7.09. The lowest BCUT2D eigenvalue weighted by Gasteiger charge is -2.27. The number of hydrogen-bond acceptors (Lipinski definition) is 2. The highest BCUT2D eigenvalue weighted by molar-refractivity contribution is 5.22. The lowest BCUT2D eigenvalue weighted by Crippen LogP contribution is -2.25. The second-order valence-electron chi connectivity index (χ2n) is 5.54. The van der Waals surface area contributed by atoms with E-state index >= 15 is 0 Å². The third-order valence-corrected chi connectivity index (χ3v) is 4.01. The molecule has 0 fully saturated rings. The number of hydrogen-bond donors (Lipinski definition) is 1. The molecule has 0 aliphatic heterocycles. The van der Waals surface area contributed by atoms with Crippen LogP contribution in [0.15, 0.2) is 60.7 Å². The normalized spacial score (nSPS) is 15.6. The first-order valence-corrected chi connectivity index (χ1v) is 7.09. The van der Waals surface area contributed by atoms with Gasteiger partial charge in [-0.05, 0) is 36.8 Å². The molecule has 0 saturated carbocycles. The topological polar surface area (TPSA) is 29.5 Å².